The van der Waals surface area contributed by atoms with Crippen molar-refractivity contribution >= 4 is 29.2 Å². The van der Waals surface area contributed by atoms with Crippen molar-refractivity contribution in [3.63, 3.8) is 0 Å². The van der Waals surface area contributed by atoms with Crippen LogP contribution in [-0.4, -0.2) is 66.1 Å². The highest BCUT2D eigenvalue weighted by Crippen LogP contribution is 2.38. The zero-order chi connectivity index (χ0) is 36.1. The van der Waals surface area contributed by atoms with E-state index < -0.39 is 0 Å². The van der Waals surface area contributed by atoms with Gasteiger partial charge in [-0.15, -0.1) is 0 Å². The zero-order valence-corrected chi connectivity index (χ0v) is 31.1. The molecular weight excluding hydrogens is 638 g/mol. The van der Waals surface area contributed by atoms with Crippen LogP contribution in [0.25, 0.3) is 6.08 Å². The zero-order valence-electron chi connectivity index (χ0n) is 31.1. The molecule has 51 heavy (non-hydrogen) atoms. The number of aromatic amines is 1. The Labute approximate surface area is 305 Å². The number of nitrogens with one attached hydrogen (secondary N) is 1. The Morgan fingerprint density at radius 2 is 1.35 bits per heavy atom. The average molecular weight is 700 g/mol. The summed E-state index contributed by atoms with van der Waals surface area (Å²) in [5, 5.41) is 11.0. The highest BCUT2D eigenvalue weighted by atomic mass is 16.5. The molecule has 4 rings (SSSR count). The lowest BCUT2D eigenvalue weighted by molar-refractivity contribution is -0.126. The van der Waals surface area contributed by atoms with E-state index in [1.54, 1.807) is 24.3 Å². The first-order chi connectivity index (χ1) is 25.0. The van der Waals surface area contributed by atoms with E-state index in [0.717, 1.165) is 61.4 Å². The van der Waals surface area contributed by atoms with Crippen LogP contribution < -0.4 is 20.1 Å². The quantitative estimate of drug-likeness (QED) is 0.0393. The summed E-state index contributed by atoms with van der Waals surface area (Å²) in [7, 11) is 0. The van der Waals surface area contributed by atoms with Gasteiger partial charge >= 0.3 is 0 Å². The molecule has 2 aromatic carbocycles. The third-order valence-electron chi connectivity index (χ3n) is 9.42. The van der Waals surface area contributed by atoms with Crippen molar-refractivity contribution < 1.29 is 19.4 Å². The maximum atomic E-state index is 13.3. The van der Waals surface area contributed by atoms with Gasteiger partial charge in [-0.2, -0.15) is 0 Å². The van der Waals surface area contributed by atoms with E-state index in [1.807, 2.05) is 47.5 Å². The molecule has 3 aromatic rings. The van der Waals surface area contributed by atoms with Crippen molar-refractivity contribution in [2.45, 2.75) is 104 Å². The number of carbonyl (C=O) groups is 1. The van der Waals surface area contributed by atoms with Gasteiger partial charge in [0.1, 0.15) is 5.84 Å². The maximum absolute atomic E-state index is 13.3. The molecule has 1 aliphatic rings. The molecule has 0 saturated carbocycles. The van der Waals surface area contributed by atoms with E-state index >= 15 is 0 Å². The van der Waals surface area contributed by atoms with E-state index in [1.165, 1.54) is 64.2 Å². The van der Waals surface area contributed by atoms with Gasteiger partial charge in [0.25, 0.3) is 0 Å². The van der Waals surface area contributed by atoms with Crippen LogP contribution in [0.1, 0.15) is 115 Å². The van der Waals surface area contributed by atoms with Gasteiger partial charge in [-0.1, -0.05) is 90.9 Å². The Balaban J connectivity index is 1.30. The van der Waals surface area contributed by atoms with Crippen molar-refractivity contribution in [1.82, 2.24) is 9.88 Å². The lowest BCUT2D eigenvalue weighted by atomic mass is 10.1. The SMILES string of the molecule is CCCCCCCCCOc1cc(/C=C/C(=O)N2CCN(c3ccc(N=C(N)c4ccc[nH]4)cc3)CC2)cc(OCCCCCCCCC)c1O. The summed E-state index contributed by atoms with van der Waals surface area (Å²) in [4.78, 5) is 25.0. The first-order valence-corrected chi connectivity index (χ1v) is 19.4. The second kappa shape index (κ2) is 22.4. The molecule has 9 heteroatoms. The standard InChI is InChI=1S/C42H61N5O4/c1-3-5-7-9-11-13-15-30-50-38-32-34(33-39(41(38)49)51-31-16-14-12-10-8-6-4-2)19-24-40(48)47-28-26-46(27-29-47)36-22-20-35(21-23-36)45-42(43)37-18-17-25-44-37/h17-25,32-33,44,49H,3-16,26-31H2,1-2H3,(H2,43,45)/b24-19+. The number of rotatable bonds is 23. The van der Waals surface area contributed by atoms with Crippen LogP contribution in [0.2, 0.25) is 0 Å². The van der Waals surface area contributed by atoms with Gasteiger partial charge in [-0.3, -0.25) is 4.79 Å². The Morgan fingerprint density at radius 3 is 1.88 bits per heavy atom. The molecule has 0 unspecified atom stereocenters. The molecule has 0 aliphatic carbocycles. The minimum Gasteiger partial charge on any atom is -0.502 e. The van der Waals surface area contributed by atoms with Crippen LogP contribution in [-0.2, 0) is 4.79 Å². The second-order valence-corrected chi connectivity index (χ2v) is 13.5. The molecule has 2 heterocycles. The minimum absolute atomic E-state index is 0.0318. The molecule has 0 spiro atoms. The highest BCUT2D eigenvalue weighted by Gasteiger charge is 2.20. The second-order valence-electron chi connectivity index (χ2n) is 13.5. The van der Waals surface area contributed by atoms with E-state index in [0.29, 0.717) is 43.6 Å². The van der Waals surface area contributed by atoms with Gasteiger partial charge in [0.15, 0.2) is 11.5 Å². The minimum atomic E-state index is -0.0386. The first kappa shape index (κ1) is 39.4. The monoisotopic (exact) mass is 699 g/mol. The van der Waals surface area contributed by atoms with Gasteiger partial charge in [-0.25, -0.2) is 4.99 Å². The Morgan fingerprint density at radius 1 is 0.804 bits per heavy atom. The third-order valence-corrected chi connectivity index (χ3v) is 9.42. The number of nitrogens with zero attached hydrogens (tertiary/aromatic N) is 3. The number of phenolic OH excluding ortho intramolecular Hbond substituents is 1. The van der Waals surface area contributed by atoms with E-state index in [4.69, 9.17) is 15.2 Å². The number of amides is 1. The van der Waals surface area contributed by atoms with Crippen molar-refractivity contribution in [3.05, 3.63) is 72.1 Å². The number of aromatic nitrogens is 1. The molecule has 0 bridgehead atoms. The maximum Gasteiger partial charge on any atom is 0.246 e. The van der Waals surface area contributed by atoms with Crippen LogP contribution in [0.3, 0.4) is 0 Å². The number of nitrogens with two attached hydrogens (primary N) is 1. The third kappa shape index (κ3) is 13.7. The molecule has 1 aromatic heterocycles. The molecule has 1 amide bonds. The molecule has 278 valence electrons. The smallest absolute Gasteiger partial charge is 0.246 e. The number of unbranched alkanes of at least 4 members (excludes halogenated alkanes) is 12. The number of ether oxygens (including phenoxy) is 2. The fraction of sp³-hybridized carbons (Fsp3) is 0.524. The number of piperazine rings is 1. The predicted molar refractivity (Wildman–Crippen MR) is 211 cm³/mol. The number of anilines is 1. The number of hydrogen-bond donors (Lipinski definition) is 3. The van der Waals surface area contributed by atoms with E-state index in [9.17, 15) is 9.90 Å². The molecular formula is C42H61N5O4. The number of aromatic hydroxyl groups is 1. The van der Waals surface area contributed by atoms with E-state index in [2.05, 4.69) is 28.7 Å². The van der Waals surface area contributed by atoms with Gasteiger partial charge in [0, 0.05) is 44.1 Å². The van der Waals surface area contributed by atoms with Gasteiger partial charge in [-0.05, 0) is 73.0 Å². The summed E-state index contributed by atoms with van der Waals surface area (Å²) >= 11 is 0. The number of H-pyrrole nitrogens is 1. The van der Waals surface area contributed by atoms with Crippen molar-refractivity contribution in [3.8, 4) is 17.2 Å². The van der Waals surface area contributed by atoms with Crippen LogP contribution in [0.15, 0.2) is 65.8 Å². The number of aliphatic imine (C=N–C) groups is 1. The van der Waals surface area contributed by atoms with Crippen LogP contribution >= 0.6 is 0 Å². The van der Waals surface area contributed by atoms with Crippen LogP contribution in [0, 0.1) is 0 Å². The predicted octanol–water partition coefficient (Wildman–Crippen LogP) is 9.38. The van der Waals surface area contributed by atoms with Crippen molar-refractivity contribution in [2.75, 3.05) is 44.3 Å². The lowest BCUT2D eigenvalue weighted by Crippen LogP contribution is -2.48. The summed E-state index contributed by atoms with van der Waals surface area (Å²) in [6.07, 6.45) is 21.9. The lowest BCUT2D eigenvalue weighted by Gasteiger charge is -2.35. The summed E-state index contributed by atoms with van der Waals surface area (Å²) in [6.45, 7) is 8.25. The van der Waals surface area contributed by atoms with Gasteiger partial charge in [0.05, 0.1) is 24.6 Å². The largest absolute Gasteiger partial charge is 0.502 e. The van der Waals surface area contributed by atoms with E-state index in [-0.39, 0.29) is 11.7 Å². The Hall–Kier alpha value is -4.40. The number of benzene rings is 2. The molecule has 9 nitrogen and oxygen atoms in total. The number of phenols is 1. The average Bonchev–Trinajstić information content (AvgIpc) is 3.70. The number of carbonyl (C=O) groups excluding carboxylic acids is 1. The molecule has 1 fully saturated rings. The topological polar surface area (TPSA) is 116 Å². The van der Waals surface area contributed by atoms with Crippen molar-refractivity contribution in [1.29, 1.82) is 0 Å². The molecule has 0 atom stereocenters. The molecule has 4 N–H and O–H groups in total. The van der Waals surface area contributed by atoms with Crippen molar-refractivity contribution in [2.24, 2.45) is 10.7 Å². The molecule has 1 aliphatic heterocycles. The fourth-order valence-electron chi connectivity index (χ4n) is 6.29. The summed E-state index contributed by atoms with van der Waals surface area (Å²) in [5.74, 6) is 1.25. The molecule has 0 radical (unpaired) electrons. The van der Waals surface area contributed by atoms with Crippen LogP contribution in [0.4, 0.5) is 11.4 Å². The number of hydrogen-bond acceptors (Lipinski definition) is 6. The van der Waals surface area contributed by atoms with Crippen LogP contribution in [0.5, 0.6) is 17.2 Å². The highest BCUT2D eigenvalue weighted by molar-refractivity contribution is 5.97. The fourth-order valence-corrected chi connectivity index (χ4v) is 6.29. The normalized spacial score (nSPS) is 13.6. The Kier molecular flexibility index (Phi) is 17.3. The summed E-state index contributed by atoms with van der Waals surface area (Å²) < 4.78 is 12.1. The summed E-state index contributed by atoms with van der Waals surface area (Å²) in [5.41, 5.74) is 9.55. The van der Waals surface area contributed by atoms with Gasteiger partial charge < -0.3 is 35.1 Å². The first-order valence-electron chi connectivity index (χ1n) is 19.4. The Bertz CT molecular complexity index is 1440. The molecule has 1 saturated heterocycles. The number of amidine groups is 1. The summed E-state index contributed by atoms with van der Waals surface area (Å²) in [6, 6.07) is 15.4. The van der Waals surface area contributed by atoms with Gasteiger partial charge in [0.2, 0.25) is 11.7 Å².